The normalized spacial score (nSPS) is 16.5. The van der Waals surface area contributed by atoms with Gasteiger partial charge in [-0.2, -0.15) is 14.6 Å². The van der Waals surface area contributed by atoms with Gasteiger partial charge in [0.1, 0.15) is 17.8 Å². The number of pyridine rings is 1. The van der Waals surface area contributed by atoms with Gasteiger partial charge in [0.05, 0.1) is 10.9 Å². The predicted molar refractivity (Wildman–Crippen MR) is 123 cm³/mol. The van der Waals surface area contributed by atoms with Crippen molar-refractivity contribution in [3.63, 3.8) is 0 Å². The standard InChI is InChI=1S/C22H23N9O3/c1-12-9-16(31-21(25-12)23-11-24-31)29-5-7-30(8-6-29)20(33)14-10-15(13-3-4-13)26-18-17(14)19(32)27-22(34)28(18)2/h9-11,13H,3-8H2,1-2H3,(H,27,32,34). The van der Waals surface area contributed by atoms with E-state index in [0.29, 0.717) is 37.5 Å². The van der Waals surface area contributed by atoms with Gasteiger partial charge >= 0.3 is 5.69 Å². The van der Waals surface area contributed by atoms with Crippen molar-refractivity contribution in [3.05, 3.63) is 56.2 Å². The van der Waals surface area contributed by atoms with Crippen molar-refractivity contribution in [2.45, 2.75) is 25.7 Å². The lowest BCUT2D eigenvalue weighted by atomic mass is 10.1. The molecule has 12 heteroatoms. The van der Waals surface area contributed by atoms with Crippen molar-refractivity contribution < 1.29 is 4.79 Å². The Bertz CT molecular complexity index is 1570. The molecule has 4 aromatic heterocycles. The van der Waals surface area contributed by atoms with Crippen molar-refractivity contribution in [2.24, 2.45) is 7.05 Å². The zero-order valence-corrected chi connectivity index (χ0v) is 18.9. The van der Waals surface area contributed by atoms with E-state index in [0.717, 1.165) is 30.0 Å². The summed E-state index contributed by atoms with van der Waals surface area (Å²) in [6.45, 7) is 4.05. The Hall–Kier alpha value is -4.09. The van der Waals surface area contributed by atoms with E-state index in [-0.39, 0.29) is 22.9 Å². The molecule has 174 valence electrons. The number of aryl methyl sites for hydroxylation is 2. The van der Waals surface area contributed by atoms with Crippen molar-refractivity contribution in [1.82, 2.24) is 39.0 Å². The van der Waals surface area contributed by atoms with Crippen LogP contribution < -0.4 is 16.1 Å². The van der Waals surface area contributed by atoms with Crippen LogP contribution in [0.25, 0.3) is 16.8 Å². The maximum Gasteiger partial charge on any atom is 0.329 e. The summed E-state index contributed by atoms with van der Waals surface area (Å²) in [7, 11) is 1.55. The maximum absolute atomic E-state index is 13.6. The van der Waals surface area contributed by atoms with Crippen LogP contribution in [0.4, 0.5) is 5.82 Å². The van der Waals surface area contributed by atoms with Gasteiger partial charge in [-0.25, -0.2) is 14.8 Å². The highest BCUT2D eigenvalue weighted by Gasteiger charge is 2.31. The molecule has 0 unspecified atom stereocenters. The Morgan fingerprint density at radius 2 is 1.85 bits per heavy atom. The minimum Gasteiger partial charge on any atom is -0.353 e. The van der Waals surface area contributed by atoms with E-state index in [1.165, 1.54) is 10.9 Å². The first-order valence-corrected chi connectivity index (χ1v) is 11.3. The molecule has 1 aliphatic heterocycles. The Morgan fingerprint density at radius 3 is 2.59 bits per heavy atom. The number of hydrogen-bond donors (Lipinski definition) is 1. The van der Waals surface area contributed by atoms with Gasteiger partial charge < -0.3 is 9.80 Å². The van der Waals surface area contributed by atoms with E-state index in [1.54, 1.807) is 22.5 Å². The number of amides is 1. The quantitative estimate of drug-likeness (QED) is 0.458. The van der Waals surface area contributed by atoms with E-state index in [2.05, 4.69) is 29.9 Å². The van der Waals surface area contributed by atoms with Gasteiger partial charge in [0, 0.05) is 56.6 Å². The Morgan fingerprint density at radius 1 is 1.09 bits per heavy atom. The summed E-state index contributed by atoms with van der Waals surface area (Å²) in [6, 6.07) is 3.69. The molecular formula is C22H23N9O3. The van der Waals surface area contributed by atoms with Crippen molar-refractivity contribution in [3.8, 4) is 0 Å². The molecule has 1 aliphatic carbocycles. The summed E-state index contributed by atoms with van der Waals surface area (Å²) >= 11 is 0. The third-order valence-electron chi connectivity index (χ3n) is 6.57. The molecule has 1 saturated heterocycles. The predicted octanol–water partition coefficient (Wildman–Crippen LogP) is 0.208. The Labute approximate surface area is 192 Å². The van der Waals surface area contributed by atoms with Crippen LogP contribution in [0.5, 0.6) is 0 Å². The summed E-state index contributed by atoms with van der Waals surface area (Å²) in [5.74, 6) is 1.45. The first kappa shape index (κ1) is 20.5. The van der Waals surface area contributed by atoms with Gasteiger partial charge in [-0.3, -0.25) is 19.1 Å². The first-order valence-electron chi connectivity index (χ1n) is 11.3. The molecule has 4 aromatic rings. The molecule has 2 aliphatic rings. The summed E-state index contributed by atoms with van der Waals surface area (Å²) in [4.78, 5) is 57.8. The second kappa shape index (κ2) is 7.47. The molecule has 12 nitrogen and oxygen atoms in total. The monoisotopic (exact) mass is 461 g/mol. The molecule has 0 radical (unpaired) electrons. The molecule has 2 fully saturated rings. The average molecular weight is 461 g/mol. The molecule has 0 aromatic carbocycles. The SMILES string of the molecule is Cc1cc(N2CCN(C(=O)c3cc(C4CC4)nc4c3c(=O)[nH]c(=O)n4C)CC2)n2ncnc2n1. The second-order valence-electron chi connectivity index (χ2n) is 8.89. The summed E-state index contributed by atoms with van der Waals surface area (Å²) in [6.07, 6.45) is 3.45. The summed E-state index contributed by atoms with van der Waals surface area (Å²) in [5, 5.41) is 4.44. The number of piperazine rings is 1. The van der Waals surface area contributed by atoms with Gasteiger partial charge in [0.25, 0.3) is 17.2 Å². The van der Waals surface area contributed by atoms with Crippen LogP contribution >= 0.6 is 0 Å². The third kappa shape index (κ3) is 3.25. The summed E-state index contributed by atoms with van der Waals surface area (Å²) in [5.41, 5.74) is 1.02. The molecule has 1 N–H and O–H groups in total. The fraction of sp³-hybridized carbons (Fsp3) is 0.409. The van der Waals surface area contributed by atoms with E-state index in [9.17, 15) is 14.4 Å². The number of nitrogens with zero attached hydrogens (tertiary/aromatic N) is 8. The van der Waals surface area contributed by atoms with Gasteiger partial charge in [-0.05, 0) is 25.8 Å². The van der Waals surface area contributed by atoms with Gasteiger partial charge in [-0.15, -0.1) is 0 Å². The molecular weight excluding hydrogens is 438 g/mol. The van der Waals surface area contributed by atoms with Crippen LogP contribution in [0, 0.1) is 6.92 Å². The molecule has 5 heterocycles. The molecule has 0 spiro atoms. The number of anilines is 1. The Balaban J connectivity index is 1.33. The highest BCUT2D eigenvalue weighted by Crippen LogP contribution is 2.40. The highest BCUT2D eigenvalue weighted by molar-refractivity contribution is 6.05. The number of aromatic amines is 1. The van der Waals surface area contributed by atoms with Gasteiger partial charge in [0.2, 0.25) is 0 Å². The fourth-order valence-electron chi connectivity index (χ4n) is 4.56. The Kier molecular flexibility index (Phi) is 4.51. The molecule has 0 atom stereocenters. The average Bonchev–Trinajstić information content (AvgIpc) is 3.58. The van der Waals surface area contributed by atoms with Crippen LogP contribution in [-0.2, 0) is 7.05 Å². The zero-order valence-electron chi connectivity index (χ0n) is 18.9. The topological polar surface area (TPSA) is 134 Å². The van der Waals surface area contributed by atoms with E-state index in [1.807, 2.05) is 13.0 Å². The zero-order chi connectivity index (χ0) is 23.6. The fourth-order valence-corrected chi connectivity index (χ4v) is 4.56. The summed E-state index contributed by atoms with van der Waals surface area (Å²) < 4.78 is 3.00. The van der Waals surface area contributed by atoms with Crippen LogP contribution in [0.2, 0.25) is 0 Å². The smallest absolute Gasteiger partial charge is 0.329 e. The number of carbonyl (C=O) groups is 1. The number of rotatable bonds is 3. The van der Waals surface area contributed by atoms with Crippen LogP contribution in [0.15, 0.2) is 28.0 Å². The van der Waals surface area contributed by atoms with Crippen LogP contribution in [-0.4, -0.2) is 71.1 Å². The molecule has 34 heavy (non-hydrogen) atoms. The first-order chi connectivity index (χ1) is 16.4. The minimum absolute atomic E-state index is 0.160. The van der Waals surface area contributed by atoms with E-state index < -0.39 is 11.2 Å². The molecule has 1 saturated carbocycles. The molecule has 6 rings (SSSR count). The van der Waals surface area contributed by atoms with Crippen LogP contribution in [0.1, 0.15) is 40.5 Å². The molecule has 0 bridgehead atoms. The van der Waals surface area contributed by atoms with E-state index >= 15 is 0 Å². The number of nitrogens with one attached hydrogen (secondary N) is 1. The van der Waals surface area contributed by atoms with E-state index in [4.69, 9.17) is 0 Å². The molecule has 1 amide bonds. The third-order valence-corrected chi connectivity index (χ3v) is 6.57. The van der Waals surface area contributed by atoms with Crippen molar-refractivity contribution >= 4 is 28.5 Å². The van der Waals surface area contributed by atoms with Crippen molar-refractivity contribution in [1.29, 1.82) is 0 Å². The highest BCUT2D eigenvalue weighted by atomic mass is 16.2. The number of H-pyrrole nitrogens is 1. The number of hydrogen-bond acceptors (Lipinski definition) is 8. The lowest BCUT2D eigenvalue weighted by Gasteiger charge is -2.36. The maximum atomic E-state index is 13.6. The minimum atomic E-state index is -0.587. The largest absolute Gasteiger partial charge is 0.353 e. The second-order valence-corrected chi connectivity index (χ2v) is 8.89. The van der Waals surface area contributed by atoms with Gasteiger partial charge in [-0.1, -0.05) is 0 Å². The van der Waals surface area contributed by atoms with Gasteiger partial charge in [0.15, 0.2) is 0 Å². The number of aromatic nitrogens is 7. The lowest BCUT2D eigenvalue weighted by Crippen LogP contribution is -2.49. The van der Waals surface area contributed by atoms with Crippen molar-refractivity contribution in [2.75, 3.05) is 31.1 Å². The number of carbonyl (C=O) groups excluding carboxylic acids is 1. The van der Waals surface area contributed by atoms with Crippen LogP contribution in [0.3, 0.4) is 0 Å². The lowest BCUT2D eigenvalue weighted by molar-refractivity contribution is 0.0748. The number of fused-ring (bicyclic) bond motifs is 2.